The molecule has 1 saturated heterocycles. The third-order valence-corrected chi connectivity index (χ3v) is 5.22. The van der Waals surface area contributed by atoms with Crippen molar-refractivity contribution in [2.75, 3.05) is 25.0 Å². The van der Waals surface area contributed by atoms with Gasteiger partial charge in [0.2, 0.25) is 0 Å². The zero-order chi connectivity index (χ0) is 18.4. The number of amides is 2. The van der Waals surface area contributed by atoms with E-state index in [1.807, 2.05) is 31.2 Å². The Bertz CT molecular complexity index is 718. The smallest absolute Gasteiger partial charge is 0.319 e. The van der Waals surface area contributed by atoms with Crippen LogP contribution in [0.2, 0.25) is 0 Å². The summed E-state index contributed by atoms with van der Waals surface area (Å²) in [6.07, 6.45) is 2.27. The first-order valence-corrected chi connectivity index (χ1v) is 9.48. The van der Waals surface area contributed by atoms with Gasteiger partial charge in [-0.25, -0.2) is 4.79 Å². The Hall–Kier alpha value is -2.33. The standard InChI is InChI=1S/C22H29N3O/c1-17-7-9-21(10-8-17)24-22(26)23-15-19-11-13-25(14-12-19)16-20-6-4-3-5-18(20)2/h3-10,19H,11-16H2,1-2H3,(H2,23,24,26). The van der Waals surface area contributed by atoms with Gasteiger partial charge in [0.15, 0.2) is 0 Å². The van der Waals surface area contributed by atoms with Gasteiger partial charge in [0, 0.05) is 18.8 Å². The monoisotopic (exact) mass is 351 g/mol. The molecule has 1 aliphatic heterocycles. The summed E-state index contributed by atoms with van der Waals surface area (Å²) in [5.41, 5.74) is 4.81. The fraction of sp³-hybridized carbons (Fsp3) is 0.409. The average Bonchev–Trinajstić information content (AvgIpc) is 2.65. The molecular weight excluding hydrogens is 322 g/mol. The van der Waals surface area contributed by atoms with Gasteiger partial charge in [0.25, 0.3) is 0 Å². The van der Waals surface area contributed by atoms with Crippen LogP contribution < -0.4 is 10.6 Å². The fourth-order valence-electron chi connectivity index (χ4n) is 3.43. The Balaban J connectivity index is 1.38. The van der Waals surface area contributed by atoms with Crippen molar-refractivity contribution in [1.29, 1.82) is 0 Å². The number of rotatable bonds is 5. The van der Waals surface area contributed by atoms with Crippen LogP contribution in [0, 0.1) is 19.8 Å². The van der Waals surface area contributed by atoms with E-state index in [4.69, 9.17) is 0 Å². The van der Waals surface area contributed by atoms with E-state index in [1.165, 1.54) is 16.7 Å². The zero-order valence-electron chi connectivity index (χ0n) is 15.8. The van der Waals surface area contributed by atoms with Crippen LogP contribution in [0.3, 0.4) is 0 Å². The molecule has 0 radical (unpaired) electrons. The van der Waals surface area contributed by atoms with E-state index in [0.29, 0.717) is 5.92 Å². The minimum absolute atomic E-state index is 0.115. The highest BCUT2D eigenvalue weighted by molar-refractivity contribution is 5.89. The maximum absolute atomic E-state index is 12.1. The molecule has 1 heterocycles. The summed E-state index contributed by atoms with van der Waals surface area (Å²) in [6.45, 7) is 8.19. The van der Waals surface area contributed by atoms with Crippen molar-refractivity contribution in [1.82, 2.24) is 10.2 Å². The van der Waals surface area contributed by atoms with E-state index in [1.54, 1.807) is 0 Å². The van der Waals surface area contributed by atoms with Gasteiger partial charge in [-0.05, 0) is 69.0 Å². The second-order valence-electron chi connectivity index (χ2n) is 7.35. The first-order valence-electron chi connectivity index (χ1n) is 9.48. The number of carbonyl (C=O) groups excluding carboxylic acids is 1. The first-order chi connectivity index (χ1) is 12.6. The van der Waals surface area contributed by atoms with Crippen LogP contribution in [-0.2, 0) is 6.54 Å². The molecule has 0 saturated carbocycles. The predicted octanol–water partition coefficient (Wildman–Crippen LogP) is 4.34. The summed E-state index contributed by atoms with van der Waals surface area (Å²) in [5.74, 6) is 0.562. The highest BCUT2D eigenvalue weighted by Crippen LogP contribution is 2.19. The zero-order valence-corrected chi connectivity index (χ0v) is 15.8. The normalized spacial score (nSPS) is 15.6. The van der Waals surface area contributed by atoms with Crippen molar-refractivity contribution in [2.45, 2.75) is 33.2 Å². The second-order valence-corrected chi connectivity index (χ2v) is 7.35. The van der Waals surface area contributed by atoms with Gasteiger partial charge < -0.3 is 10.6 Å². The Morgan fingerprint density at radius 1 is 1.04 bits per heavy atom. The van der Waals surface area contributed by atoms with Crippen molar-refractivity contribution in [3.63, 3.8) is 0 Å². The van der Waals surface area contributed by atoms with E-state index in [-0.39, 0.29) is 6.03 Å². The molecule has 2 N–H and O–H groups in total. The molecule has 0 spiro atoms. The number of likely N-dealkylation sites (tertiary alicyclic amines) is 1. The highest BCUT2D eigenvalue weighted by atomic mass is 16.2. The number of urea groups is 1. The van der Waals surface area contributed by atoms with Crippen LogP contribution in [0.25, 0.3) is 0 Å². The molecule has 26 heavy (non-hydrogen) atoms. The van der Waals surface area contributed by atoms with Gasteiger partial charge in [0.1, 0.15) is 0 Å². The Morgan fingerprint density at radius 3 is 2.42 bits per heavy atom. The minimum atomic E-state index is -0.115. The molecule has 2 amide bonds. The lowest BCUT2D eigenvalue weighted by molar-refractivity contribution is 0.175. The third-order valence-electron chi connectivity index (χ3n) is 5.22. The van der Waals surface area contributed by atoms with Crippen LogP contribution in [0.5, 0.6) is 0 Å². The molecule has 0 unspecified atom stereocenters. The molecule has 1 aliphatic rings. The Kier molecular flexibility index (Phi) is 6.29. The van der Waals surface area contributed by atoms with E-state index in [9.17, 15) is 4.79 Å². The van der Waals surface area contributed by atoms with Crippen molar-refractivity contribution in [2.24, 2.45) is 5.92 Å². The van der Waals surface area contributed by atoms with E-state index in [2.05, 4.69) is 46.7 Å². The summed E-state index contributed by atoms with van der Waals surface area (Å²) in [4.78, 5) is 14.6. The Labute approximate surface area is 156 Å². The maximum atomic E-state index is 12.1. The van der Waals surface area contributed by atoms with Crippen LogP contribution >= 0.6 is 0 Å². The molecule has 0 atom stereocenters. The van der Waals surface area contributed by atoms with Crippen LogP contribution in [0.1, 0.15) is 29.5 Å². The lowest BCUT2D eigenvalue weighted by atomic mass is 9.96. The van der Waals surface area contributed by atoms with Crippen LogP contribution in [0.15, 0.2) is 48.5 Å². The van der Waals surface area contributed by atoms with Gasteiger partial charge in [-0.2, -0.15) is 0 Å². The van der Waals surface area contributed by atoms with Crippen LogP contribution in [-0.4, -0.2) is 30.6 Å². The van der Waals surface area contributed by atoms with Crippen molar-refractivity contribution >= 4 is 11.7 Å². The molecule has 0 aliphatic carbocycles. The first kappa shape index (κ1) is 18.5. The molecule has 0 bridgehead atoms. The number of anilines is 1. The molecule has 0 aromatic heterocycles. The summed E-state index contributed by atoms with van der Waals surface area (Å²) in [5, 5.41) is 5.92. The predicted molar refractivity (Wildman–Crippen MR) is 107 cm³/mol. The van der Waals surface area contributed by atoms with E-state index < -0.39 is 0 Å². The number of nitrogens with zero attached hydrogens (tertiary/aromatic N) is 1. The number of benzene rings is 2. The lowest BCUT2D eigenvalue weighted by Gasteiger charge is -2.32. The number of aryl methyl sites for hydroxylation is 2. The second kappa shape index (κ2) is 8.86. The average molecular weight is 351 g/mol. The Morgan fingerprint density at radius 2 is 1.73 bits per heavy atom. The lowest BCUT2D eigenvalue weighted by Crippen LogP contribution is -2.39. The maximum Gasteiger partial charge on any atom is 0.319 e. The van der Waals surface area contributed by atoms with Crippen molar-refractivity contribution in [3.8, 4) is 0 Å². The summed E-state index contributed by atoms with van der Waals surface area (Å²) < 4.78 is 0. The van der Waals surface area contributed by atoms with Gasteiger partial charge in [-0.15, -0.1) is 0 Å². The SMILES string of the molecule is Cc1ccc(NC(=O)NCC2CCN(Cc3ccccc3C)CC2)cc1. The van der Waals surface area contributed by atoms with Crippen molar-refractivity contribution in [3.05, 3.63) is 65.2 Å². The molecule has 1 fully saturated rings. The molecule has 4 nitrogen and oxygen atoms in total. The van der Waals surface area contributed by atoms with Gasteiger partial charge >= 0.3 is 6.03 Å². The van der Waals surface area contributed by atoms with E-state index >= 15 is 0 Å². The molecule has 138 valence electrons. The molecular formula is C22H29N3O. The fourth-order valence-corrected chi connectivity index (χ4v) is 3.43. The summed E-state index contributed by atoms with van der Waals surface area (Å²) in [7, 11) is 0. The number of nitrogens with one attached hydrogen (secondary N) is 2. The number of piperidine rings is 1. The third kappa shape index (κ3) is 5.33. The molecule has 3 rings (SSSR count). The largest absolute Gasteiger partial charge is 0.338 e. The summed E-state index contributed by atoms with van der Waals surface area (Å²) >= 11 is 0. The van der Waals surface area contributed by atoms with Gasteiger partial charge in [-0.3, -0.25) is 4.90 Å². The highest BCUT2D eigenvalue weighted by Gasteiger charge is 2.20. The van der Waals surface area contributed by atoms with E-state index in [0.717, 1.165) is 44.7 Å². The topological polar surface area (TPSA) is 44.4 Å². The molecule has 2 aromatic carbocycles. The number of carbonyl (C=O) groups is 1. The quantitative estimate of drug-likeness (QED) is 0.842. The minimum Gasteiger partial charge on any atom is -0.338 e. The molecule has 2 aromatic rings. The number of hydrogen-bond acceptors (Lipinski definition) is 2. The molecule has 4 heteroatoms. The van der Waals surface area contributed by atoms with Crippen molar-refractivity contribution < 1.29 is 4.79 Å². The number of hydrogen-bond donors (Lipinski definition) is 2. The van der Waals surface area contributed by atoms with Crippen LogP contribution in [0.4, 0.5) is 10.5 Å². The summed E-state index contributed by atoms with van der Waals surface area (Å²) in [6, 6.07) is 16.4. The van der Waals surface area contributed by atoms with Gasteiger partial charge in [0.05, 0.1) is 0 Å². The van der Waals surface area contributed by atoms with Gasteiger partial charge in [-0.1, -0.05) is 42.0 Å².